The van der Waals surface area contributed by atoms with Gasteiger partial charge in [-0.3, -0.25) is 19.1 Å². The van der Waals surface area contributed by atoms with E-state index in [1.54, 1.807) is 0 Å². The highest BCUT2D eigenvalue weighted by Gasteiger charge is 2.15. The van der Waals surface area contributed by atoms with Crippen LogP contribution in [0.15, 0.2) is 0 Å². The third-order valence-corrected chi connectivity index (χ3v) is 8.23. The number of aliphatic carboxylic acids is 1. The number of carboxylic acid groups (broad SMARTS) is 1. The molecule has 0 aliphatic heterocycles. The lowest BCUT2D eigenvalue weighted by Gasteiger charge is -2.08. The zero-order valence-electron chi connectivity index (χ0n) is 24.4. The van der Waals surface area contributed by atoms with Crippen molar-refractivity contribution in [1.82, 2.24) is 30.7 Å². The number of nitrogens with one attached hydrogen (secondary N) is 3. The number of carboxylic acids is 1. The van der Waals surface area contributed by atoms with E-state index >= 15 is 0 Å². The van der Waals surface area contributed by atoms with Crippen LogP contribution >= 0.6 is 0 Å². The van der Waals surface area contributed by atoms with Crippen LogP contribution < -0.4 is 15.8 Å². The van der Waals surface area contributed by atoms with Crippen molar-refractivity contribution in [3.05, 3.63) is 5.82 Å². The minimum atomic E-state index is -3.76. The molecule has 1 aromatic rings. The summed E-state index contributed by atoms with van der Waals surface area (Å²) in [5.41, 5.74) is 5.41. The van der Waals surface area contributed by atoms with E-state index < -0.39 is 27.9 Å². The van der Waals surface area contributed by atoms with Crippen LogP contribution in [0.25, 0.3) is 0 Å². The Labute approximate surface area is 244 Å². The minimum absolute atomic E-state index is 0.0350. The van der Waals surface area contributed by atoms with Gasteiger partial charge in [0.25, 0.3) is 0 Å². The second-order valence-electron chi connectivity index (χ2n) is 10.7. The summed E-state index contributed by atoms with van der Waals surface area (Å²) in [6.45, 7) is 0.375. The van der Waals surface area contributed by atoms with Gasteiger partial charge in [0.15, 0.2) is 5.82 Å². The molecule has 0 radical (unpaired) electrons. The SMILES string of the molecule is N[C@@H](CCCCNC(=O)CCCS(=O)(=O)NC(=O)CCCCCCCCCCCCCCCc1nn[nH]n1)C(=O)O. The van der Waals surface area contributed by atoms with Gasteiger partial charge in [-0.05, 0) is 38.5 Å². The number of aromatic nitrogens is 4. The molecule has 1 aromatic heterocycles. The van der Waals surface area contributed by atoms with Crippen LogP contribution in [0.5, 0.6) is 0 Å². The molecular weight excluding hydrogens is 550 g/mol. The Hall–Kier alpha value is -2.61. The molecule has 13 nitrogen and oxygen atoms in total. The van der Waals surface area contributed by atoms with Crippen molar-refractivity contribution < 1.29 is 27.9 Å². The molecule has 14 heteroatoms. The summed E-state index contributed by atoms with van der Waals surface area (Å²) in [5, 5.41) is 25.3. The van der Waals surface area contributed by atoms with Crippen LogP contribution in [0, 0.1) is 0 Å². The van der Waals surface area contributed by atoms with Crippen molar-refractivity contribution in [2.45, 2.75) is 134 Å². The van der Waals surface area contributed by atoms with Crippen LogP contribution in [0.1, 0.15) is 128 Å². The van der Waals surface area contributed by atoms with Crippen LogP contribution in [-0.2, 0) is 30.8 Å². The smallest absolute Gasteiger partial charge is 0.320 e. The number of carbonyl (C=O) groups excluding carboxylic acids is 2. The number of aryl methyl sites for hydroxylation is 1. The van der Waals surface area contributed by atoms with E-state index in [2.05, 4.69) is 30.7 Å². The van der Waals surface area contributed by atoms with E-state index in [9.17, 15) is 22.8 Å². The molecule has 0 aromatic carbocycles. The first-order chi connectivity index (χ1) is 19.7. The first-order valence-electron chi connectivity index (χ1n) is 15.2. The number of carbonyl (C=O) groups is 3. The number of nitrogens with zero attached hydrogens (tertiary/aromatic N) is 3. The van der Waals surface area contributed by atoms with Gasteiger partial charge in [0.1, 0.15) is 6.04 Å². The van der Waals surface area contributed by atoms with Crippen molar-refractivity contribution in [1.29, 1.82) is 0 Å². The summed E-state index contributed by atoms with van der Waals surface area (Å²) in [4.78, 5) is 34.5. The van der Waals surface area contributed by atoms with Gasteiger partial charge in [0.2, 0.25) is 21.8 Å². The summed E-state index contributed by atoms with van der Waals surface area (Å²) in [6, 6.07) is -0.904. The topological polar surface area (TPSA) is 210 Å². The van der Waals surface area contributed by atoms with Gasteiger partial charge in [-0.25, -0.2) is 8.42 Å². The lowest BCUT2D eigenvalue weighted by molar-refractivity contribution is -0.138. The highest BCUT2D eigenvalue weighted by Crippen LogP contribution is 2.13. The Morgan fingerprint density at radius 2 is 1.34 bits per heavy atom. The molecule has 0 fully saturated rings. The Bertz CT molecular complexity index is 944. The average molecular weight is 602 g/mol. The predicted octanol–water partition coefficient (Wildman–Crippen LogP) is 3.13. The number of aromatic amines is 1. The molecule has 6 N–H and O–H groups in total. The monoisotopic (exact) mass is 601 g/mol. The second-order valence-corrected chi connectivity index (χ2v) is 12.5. The lowest BCUT2D eigenvalue weighted by Crippen LogP contribution is -2.33. The van der Waals surface area contributed by atoms with Gasteiger partial charge in [-0.15, -0.1) is 10.2 Å². The Morgan fingerprint density at radius 3 is 1.90 bits per heavy atom. The lowest BCUT2D eigenvalue weighted by atomic mass is 10.0. The maximum atomic E-state index is 12.1. The number of nitrogens with two attached hydrogens (primary N) is 1. The normalized spacial score (nSPS) is 12.2. The van der Waals surface area contributed by atoms with Crippen LogP contribution in [0.3, 0.4) is 0 Å². The summed E-state index contributed by atoms with van der Waals surface area (Å²) >= 11 is 0. The van der Waals surface area contributed by atoms with E-state index in [-0.39, 0.29) is 30.9 Å². The highest BCUT2D eigenvalue weighted by molar-refractivity contribution is 7.90. The number of rotatable bonds is 27. The first-order valence-corrected chi connectivity index (χ1v) is 16.9. The van der Waals surface area contributed by atoms with Crippen molar-refractivity contribution in [3.63, 3.8) is 0 Å². The molecule has 1 heterocycles. The summed E-state index contributed by atoms with van der Waals surface area (Å²) in [5.74, 6) is -1.32. The number of amides is 2. The standard InChI is InChI=1S/C27H51N7O6S/c28-23(27(37)38)17-14-15-21-29-25(35)20-16-22-41(39,40)32-26(36)19-13-11-9-7-5-3-1-2-4-6-8-10-12-18-24-30-33-34-31-24/h23H,1-22,28H2,(H,29,35)(H,32,36)(H,37,38)(H,30,31,33,34)/t23-/m0/s1. The van der Waals surface area contributed by atoms with E-state index in [4.69, 9.17) is 10.8 Å². The fourth-order valence-electron chi connectivity index (χ4n) is 4.43. The molecule has 0 aliphatic carbocycles. The number of tetrazole rings is 1. The maximum Gasteiger partial charge on any atom is 0.320 e. The van der Waals surface area contributed by atoms with Crippen LogP contribution in [-0.4, -0.2) is 70.3 Å². The molecule has 2 amide bonds. The number of hydrogen-bond donors (Lipinski definition) is 5. The zero-order chi connectivity index (χ0) is 30.2. The number of sulfonamides is 1. The highest BCUT2D eigenvalue weighted by atomic mass is 32.2. The molecule has 0 saturated carbocycles. The van der Waals surface area contributed by atoms with Crippen molar-refractivity contribution in [3.8, 4) is 0 Å². The molecule has 236 valence electrons. The number of unbranched alkanes of at least 4 members (excludes halogenated alkanes) is 13. The molecule has 0 bridgehead atoms. The largest absolute Gasteiger partial charge is 0.480 e. The van der Waals surface area contributed by atoms with Gasteiger partial charge in [0.05, 0.1) is 5.75 Å². The Balaban J connectivity index is 1.89. The Kier molecular flexibility index (Phi) is 20.4. The molecular formula is C27H51N7O6S. The second kappa shape index (κ2) is 23.0. The van der Waals surface area contributed by atoms with E-state index in [1.807, 2.05) is 0 Å². The summed E-state index contributed by atoms with van der Waals surface area (Å²) in [6.07, 6.45) is 17.5. The molecule has 0 aliphatic rings. The van der Waals surface area contributed by atoms with Gasteiger partial charge in [-0.2, -0.15) is 5.21 Å². The molecule has 1 rings (SSSR count). The Morgan fingerprint density at radius 1 is 0.780 bits per heavy atom. The van der Waals surface area contributed by atoms with Crippen LogP contribution in [0.4, 0.5) is 0 Å². The summed E-state index contributed by atoms with van der Waals surface area (Å²) < 4.78 is 26.3. The molecule has 41 heavy (non-hydrogen) atoms. The maximum absolute atomic E-state index is 12.1. The van der Waals surface area contributed by atoms with Crippen molar-refractivity contribution >= 4 is 27.8 Å². The van der Waals surface area contributed by atoms with Gasteiger partial charge in [-0.1, -0.05) is 75.8 Å². The quantitative estimate of drug-likeness (QED) is 0.0930. The average Bonchev–Trinajstić information content (AvgIpc) is 3.43. The van der Waals surface area contributed by atoms with Crippen molar-refractivity contribution in [2.75, 3.05) is 12.3 Å². The summed E-state index contributed by atoms with van der Waals surface area (Å²) in [7, 11) is -3.76. The number of H-pyrrole nitrogens is 1. The molecule has 0 spiro atoms. The van der Waals surface area contributed by atoms with E-state index in [1.165, 1.54) is 51.4 Å². The molecule has 0 saturated heterocycles. The van der Waals surface area contributed by atoms with Crippen LogP contribution in [0.2, 0.25) is 0 Å². The third kappa shape index (κ3) is 21.8. The first kappa shape index (κ1) is 36.4. The fraction of sp³-hybridized carbons (Fsp3) is 0.852. The van der Waals surface area contributed by atoms with Gasteiger partial charge in [0, 0.05) is 25.8 Å². The zero-order valence-corrected chi connectivity index (χ0v) is 25.3. The number of hydrogen-bond acceptors (Lipinski definition) is 9. The van der Waals surface area contributed by atoms with Gasteiger partial charge < -0.3 is 16.2 Å². The minimum Gasteiger partial charge on any atom is -0.480 e. The van der Waals surface area contributed by atoms with Crippen molar-refractivity contribution in [2.24, 2.45) is 5.73 Å². The fourth-order valence-corrected chi connectivity index (χ4v) is 5.50. The molecule has 0 unspecified atom stereocenters. The molecule has 1 atom stereocenters. The third-order valence-electron chi connectivity index (χ3n) is 6.86. The van der Waals surface area contributed by atoms with E-state index in [0.29, 0.717) is 32.2 Å². The predicted molar refractivity (Wildman–Crippen MR) is 156 cm³/mol. The van der Waals surface area contributed by atoms with E-state index in [0.717, 1.165) is 37.9 Å². The van der Waals surface area contributed by atoms with Gasteiger partial charge >= 0.3 is 5.97 Å².